The van der Waals surface area contributed by atoms with Gasteiger partial charge in [0, 0.05) is 5.56 Å². The fraction of sp³-hybridized carbons (Fsp3) is 0.0909. The molecule has 2 rings (SSSR count). The van der Waals surface area contributed by atoms with E-state index in [9.17, 15) is 0 Å². The molecule has 1 heterocycles. The summed E-state index contributed by atoms with van der Waals surface area (Å²) in [4.78, 5) is 0. The van der Waals surface area contributed by atoms with Crippen LogP contribution in [0.25, 0.3) is 0 Å². The lowest BCUT2D eigenvalue weighted by atomic mass is 10.3. The van der Waals surface area contributed by atoms with Crippen molar-refractivity contribution in [1.29, 1.82) is 0 Å². The van der Waals surface area contributed by atoms with Crippen molar-refractivity contribution < 1.29 is 9.15 Å². The van der Waals surface area contributed by atoms with Gasteiger partial charge >= 0.3 is 0 Å². The zero-order valence-corrected chi connectivity index (χ0v) is 11.5. The fourth-order valence-electron chi connectivity index (χ4n) is 1.14. The zero-order valence-electron chi connectivity index (χ0n) is 7.74. The van der Waals surface area contributed by atoms with Gasteiger partial charge in [-0.25, -0.2) is 0 Å². The molecule has 0 saturated carbocycles. The summed E-state index contributed by atoms with van der Waals surface area (Å²) in [6, 6.07) is 9.82. The summed E-state index contributed by atoms with van der Waals surface area (Å²) in [5, 5.41) is 0. The number of ether oxygens (including phenoxy) is 1. The number of para-hydroxylation sites is 1. The highest BCUT2D eigenvalue weighted by Gasteiger charge is 2.02. The largest absolute Gasteiger partial charge is 0.488 e. The molecule has 0 atom stereocenters. The molecule has 0 aliphatic rings. The van der Waals surface area contributed by atoms with Gasteiger partial charge in [-0.2, -0.15) is 0 Å². The molecule has 15 heavy (non-hydrogen) atoms. The quantitative estimate of drug-likeness (QED) is 0.746. The summed E-state index contributed by atoms with van der Waals surface area (Å²) in [7, 11) is 0. The van der Waals surface area contributed by atoms with Gasteiger partial charge in [-0.1, -0.05) is 12.1 Å². The van der Waals surface area contributed by atoms with Gasteiger partial charge < -0.3 is 9.15 Å². The highest BCUT2D eigenvalue weighted by molar-refractivity contribution is 14.1. The van der Waals surface area contributed by atoms with Crippen molar-refractivity contribution in [2.75, 3.05) is 0 Å². The third-order valence-corrected chi connectivity index (χ3v) is 3.16. The smallest absolute Gasteiger partial charge is 0.169 e. The summed E-state index contributed by atoms with van der Waals surface area (Å²) in [6.45, 7) is 0.523. The van der Waals surface area contributed by atoms with E-state index >= 15 is 0 Å². The van der Waals surface area contributed by atoms with Crippen molar-refractivity contribution >= 4 is 38.5 Å². The minimum Gasteiger partial charge on any atom is -0.488 e. The van der Waals surface area contributed by atoms with Crippen LogP contribution in [0.4, 0.5) is 0 Å². The molecule has 78 valence electrons. The van der Waals surface area contributed by atoms with E-state index in [1.165, 1.54) is 0 Å². The first kappa shape index (κ1) is 11.0. The Bertz CT molecular complexity index is 453. The van der Waals surface area contributed by atoms with Crippen LogP contribution in [0.1, 0.15) is 5.56 Å². The average Bonchev–Trinajstić information content (AvgIpc) is 2.63. The number of hydrogen-bond acceptors (Lipinski definition) is 2. The third-order valence-electron chi connectivity index (χ3n) is 1.85. The standard InChI is InChI=1S/C11H8BrIO2/c12-11-5-8(7-15-11)6-14-10-4-2-1-3-9(10)13/h1-5,7H,6H2. The van der Waals surface area contributed by atoms with Crippen LogP contribution >= 0.6 is 38.5 Å². The Labute approximate surface area is 110 Å². The van der Waals surface area contributed by atoms with E-state index in [1.54, 1.807) is 6.26 Å². The van der Waals surface area contributed by atoms with E-state index in [4.69, 9.17) is 9.15 Å². The SMILES string of the molecule is Brc1cc(COc2ccccc2I)co1. The second-order valence-corrected chi connectivity index (χ2v) is 4.92. The molecule has 0 N–H and O–H groups in total. The Kier molecular flexibility index (Phi) is 3.69. The number of rotatable bonds is 3. The highest BCUT2D eigenvalue weighted by atomic mass is 127. The van der Waals surface area contributed by atoms with Crippen LogP contribution in [-0.2, 0) is 6.61 Å². The van der Waals surface area contributed by atoms with Crippen molar-refractivity contribution in [3.63, 3.8) is 0 Å². The molecule has 0 amide bonds. The molecule has 1 aromatic carbocycles. The molecule has 2 aromatic rings. The van der Waals surface area contributed by atoms with Crippen LogP contribution in [0.5, 0.6) is 5.75 Å². The van der Waals surface area contributed by atoms with E-state index < -0.39 is 0 Å². The van der Waals surface area contributed by atoms with Crippen molar-refractivity contribution in [2.24, 2.45) is 0 Å². The van der Waals surface area contributed by atoms with Gasteiger partial charge in [0.25, 0.3) is 0 Å². The second-order valence-electron chi connectivity index (χ2n) is 2.98. The lowest BCUT2D eigenvalue weighted by molar-refractivity contribution is 0.302. The molecule has 1 aromatic heterocycles. The molecule has 0 radical (unpaired) electrons. The minimum atomic E-state index is 0.523. The van der Waals surface area contributed by atoms with E-state index in [-0.39, 0.29) is 0 Å². The summed E-state index contributed by atoms with van der Waals surface area (Å²) in [5.41, 5.74) is 1.02. The Morgan fingerprint density at radius 3 is 2.80 bits per heavy atom. The monoisotopic (exact) mass is 378 g/mol. The van der Waals surface area contributed by atoms with Crippen LogP contribution < -0.4 is 4.74 Å². The molecule has 0 bridgehead atoms. The zero-order chi connectivity index (χ0) is 10.7. The molecular formula is C11H8BrIO2. The van der Waals surface area contributed by atoms with Crippen LogP contribution in [0.2, 0.25) is 0 Å². The second kappa shape index (κ2) is 5.03. The van der Waals surface area contributed by atoms with Crippen LogP contribution in [0.15, 0.2) is 45.7 Å². The van der Waals surface area contributed by atoms with E-state index in [2.05, 4.69) is 38.5 Å². The maximum absolute atomic E-state index is 5.65. The number of furan rings is 1. The minimum absolute atomic E-state index is 0.523. The molecule has 0 fully saturated rings. The number of hydrogen-bond donors (Lipinski definition) is 0. The summed E-state index contributed by atoms with van der Waals surface area (Å²) >= 11 is 5.50. The van der Waals surface area contributed by atoms with Gasteiger partial charge in [0.05, 0.1) is 9.83 Å². The fourth-order valence-corrected chi connectivity index (χ4v) is 2.07. The molecule has 2 nitrogen and oxygen atoms in total. The van der Waals surface area contributed by atoms with Crippen molar-refractivity contribution in [3.8, 4) is 5.75 Å². The Morgan fingerprint density at radius 1 is 1.33 bits per heavy atom. The Hall–Kier alpha value is -0.490. The number of benzene rings is 1. The molecule has 0 spiro atoms. The summed E-state index contributed by atoms with van der Waals surface area (Å²) in [6.07, 6.45) is 1.68. The predicted octanol–water partition coefficient (Wildman–Crippen LogP) is 4.23. The summed E-state index contributed by atoms with van der Waals surface area (Å²) < 4.78 is 12.6. The Morgan fingerprint density at radius 2 is 2.13 bits per heavy atom. The van der Waals surface area contributed by atoms with Gasteiger partial charge in [0.15, 0.2) is 4.67 Å². The lowest BCUT2D eigenvalue weighted by Gasteiger charge is -2.05. The summed E-state index contributed by atoms with van der Waals surface area (Å²) in [5.74, 6) is 0.899. The first-order valence-electron chi connectivity index (χ1n) is 4.36. The van der Waals surface area contributed by atoms with Gasteiger partial charge in [0.1, 0.15) is 12.4 Å². The van der Waals surface area contributed by atoms with Gasteiger partial charge in [-0.05, 0) is 56.7 Å². The molecule has 0 saturated heterocycles. The molecule has 4 heteroatoms. The molecule has 0 unspecified atom stereocenters. The van der Waals surface area contributed by atoms with Gasteiger partial charge in [-0.3, -0.25) is 0 Å². The topological polar surface area (TPSA) is 22.4 Å². The van der Waals surface area contributed by atoms with E-state index in [0.717, 1.165) is 19.6 Å². The lowest BCUT2D eigenvalue weighted by Crippen LogP contribution is -1.94. The van der Waals surface area contributed by atoms with Crippen LogP contribution in [0.3, 0.4) is 0 Å². The Balaban J connectivity index is 2.02. The van der Waals surface area contributed by atoms with Crippen molar-refractivity contribution in [3.05, 3.63) is 50.4 Å². The van der Waals surface area contributed by atoms with Crippen molar-refractivity contribution in [2.45, 2.75) is 6.61 Å². The molecule has 0 aliphatic heterocycles. The average molecular weight is 379 g/mol. The molecular weight excluding hydrogens is 371 g/mol. The first-order chi connectivity index (χ1) is 7.25. The van der Waals surface area contributed by atoms with Gasteiger partial charge in [-0.15, -0.1) is 0 Å². The van der Waals surface area contributed by atoms with Gasteiger partial charge in [0.2, 0.25) is 0 Å². The predicted molar refractivity (Wildman–Crippen MR) is 69.9 cm³/mol. The third kappa shape index (κ3) is 2.98. The first-order valence-corrected chi connectivity index (χ1v) is 6.23. The molecule has 0 aliphatic carbocycles. The van der Waals surface area contributed by atoms with Crippen molar-refractivity contribution in [1.82, 2.24) is 0 Å². The maximum Gasteiger partial charge on any atom is 0.169 e. The van der Waals surface area contributed by atoms with E-state index in [1.807, 2.05) is 30.3 Å². The van der Waals surface area contributed by atoms with Crippen LogP contribution in [-0.4, -0.2) is 0 Å². The van der Waals surface area contributed by atoms with E-state index in [0.29, 0.717) is 6.61 Å². The highest BCUT2D eigenvalue weighted by Crippen LogP contribution is 2.22. The maximum atomic E-state index is 5.65. The normalized spacial score (nSPS) is 10.3. The van der Waals surface area contributed by atoms with Crippen LogP contribution in [0, 0.1) is 3.57 Å². The number of halogens is 2.